The second-order valence-electron chi connectivity index (χ2n) is 2.50. The first-order valence-corrected chi connectivity index (χ1v) is 4.52. The first-order chi connectivity index (χ1) is 6.25. The molecule has 0 amide bonds. The van der Waals surface area contributed by atoms with Crippen LogP contribution in [0.2, 0.25) is 0 Å². The summed E-state index contributed by atoms with van der Waals surface area (Å²) in [6, 6.07) is 7.80. The van der Waals surface area contributed by atoms with Crippen molar-refractivity contribution in [3.8, 4) is 0 Å². The van der Waals surface area contributed by atoms with Gasteiger partial charge in [-0.3, -0.25) is 0 Å². The number of rotatable bonds is 1. The minimum Gasteiger partial charge on any atom is -0.370 e. The summed E-state index contributed by atoms with van der Waals surface area (Å²) in [5, 5.41) is 0.598. The second-order valence-corrected chi connectivity index (χ2v) is 3.51. The number of nitrogens with two attached hydrogens (primary N) is 2. The molecule has 0 aliphatic rings. The normalized spacial score (nSPS) is 10.2. The third-order valence-corrected chi connectivity index (χ3v) is 2.44. The maximum Gasteiger partial charge on any atom is 0.213 e. The van der Waals surface area contributed by atoms with Crippen LogP contribution < -0.4 is 11.5 Å². The molecule has 0 fully saturated rings. The third-order valence-electron chi connectivity index (χ3n) is 1.51. The predicted molar refractivity (Wildman–Crippen MR) is 55.1 cm³/mol. The Balaban J connectivity index is 2.56. The quantitative estimate of drug-likeness (QED) is 0.526. The number of aliphatic imine (C=N–C) groups is 1. The Hall–Kier alpha value is -1.62. The van der Waals surface area contributed by atoms with E-state index in [9.17, 15) is 0 Å². The van der Waals surface area contributed by atoms with E-state index in [2.05, 4.69) is 9.98 Å². The fourth-order valence-electron chi connectivity index (χ4n) is 1.02. The highest BCUT2D eigenvalue weighted by Gasteiger charge is 2.00. The number of thiazole rings is 1. The van der Waals surface area contributed by atoms with Gasteiger partial charge in [-0.2, -0.15) is 4.99 Å². The van der Waals surface area contributed by atoms with Gasteiger partial charge in [-0.1, -0.05) is 23.5 Å². The lowest BCUT2D eigenvalue weighted by molar-refractivity contribution is 1.36. The minimum atomic E-state index is 0.0408. The molecule has 4 nitrogen and oxygen atoms in total. The van der Waals surface area contributed by atoms with Crippen molar-refractivity contribution in [2.75, 3.05) is 0 Å². The Morgan fingerprint density at radius 2 is 2.08 bits per heavy atom. The number of para-hydroxylation sites is 1. The summed E-state index contributed by atoms with van der Waals surface area (Å²) in [6.07, 6.45) is 0. The largest absolute Gasteiger partial charge is 0.370 e. The van der Waals surface area contributed by atoms with Gasteiger partial charge in [0.1, 0.15) is 0 Å². The topological polar surface area (TPSA) is 77.3 Å². The van der Waals surface area contributed by atoms with Gasteiger partial charge >= 0.3 is 0 Å². The van der Waals surface area contributed by atoms with Crippen molar-refractivity contribution in [3.05, 3.63) is 24.3 Å². The van der Waals surface area contributed by atoms with Crippen molar-refractivity contribution in [1.29, 1.82) is 0 Å². The van der Waals surface area contributed by atoms with E-state index in [4.69, 9.17) is 11.5 Å². The van der Waals surface area contributed by atoms with Crippen LogP contribution in [0.25, 0.3) is 10.2 Å². The highest BCUT2D eigenvalue weighted by atomic mass is 32.1. The number of benzene rings is 1. The van der Waals surface area contributed by atoms with Gasteiger partial charge in [-0.05, 0) is 12.1 Å². The molecule has 2 rings (SSSR count). The maximum absolute atomic E-state index is 5.24. The summed E-state index contributed by atoms with van der Waals surface area (Å²) in [7, 11) is 0. The fourth-order valence-corrected chi connectivity index (χ4v) is 1.87. The van der Waals surface area contributed by atoms with Crippen molar-refractivity contribution in [2.24, 2.45) is 16.5 Å². The molecule has 0 atom stereocenters. The molecule has 0 aliphatic heterocycles. The summed E-state index contributed by atoms with van der Waals surface area (Å²) in [5.74, 6) is 0.0408. The average molecular weight is 192 g/mol. The van der Waals surface area contributed by atoms with Crippen LogP contribution in [0, 0.1) is 0 Å². The Labute approximate surface area is 78.9 Å². The van der Waals surface area contributed by atoms with Crippen LogP contribution >= 0.6 is 11.3 Å². The lowest BCUT2D eigenvalue weighted by atomic mass is 10.3. The lowest BCUT2D eigenvalue weighted by Crippen LogP contribution is -2.21. The Morgan fingerprint density at radius 1 is 1.31 bits per heavy atom. The average Bonchev–Trinajstić information content (AvgIpc) is 2.44. The molecule has 13 heavy (non-hydrogen) atoms. The van der Waals surface area contributed by atoms with Gasteiger partial charge in [-0.15, -0.1) is 0 Å². The number of aromatic nitrogens is 1. The number of hydrogen-bond donors (Lipinski definition) is 2. The first kappa shape index (κ1) is 8.00. The van der Waals surface area contributed by atoms with Gasteiger partial charge in [0, 0.05) is 0 Å². The van der Waals surface area contributed by atoms with Crippen LogP contribution in [0.1, 0.15) is 0 Å². The van der Waals surface area contributed by atoms with E-state index in [1.807, 2.05) is 24.3 Å². The molecule has 1 aromatic heterocycles. The van der Waals surface area contributed by atoms with Gasteiger partial charge in [0.05, 0.1) is 10.2 Å². The van der Waals surface area contributed by atoms with Crippen LogP contribution in [0.15, 0.2) is 29.3 Å². The molecule has 0 unspecified atom stereocenters. The highest BCUT2D eigenvalue weighted by molar-refractivity contribution is 7.22. The van der Waals surface area contributed by atoms with Gasteiger partial charge < -0.3 is 11.5 Å². The van der Waals surface area contributed by atoms with Crippen LogP contribution in [-0.4, -0.2) is 10.9 Å². The number of hydrogen-bond acceptors (Lipinski definition) is 3. The second kappa shape index (κ2) is 3.02. The van der Waals surface area contributed by atoms with E-state index in [0.29, 0.717) is 5.13 Å². The van der Waals surface area contributed by atoms with E-state index < -0.39 is 0 Å². The lowest BCUT2D eigenvalue weighted by Gasteiger charge is -1.84. The number of fused-ring (bicyclic) bond motifs is 1. The van der Waals surface area contributed by atoms with Crippen LogP contribution in [0.5, 0.6) is 0 Å². The molecular formula is C8H8N4S. The molecule has 0 aliphatic carbocycles. The zero-order chi connectivity index (χ0) is 9.26. The number of nitrogens with zero attached hydrogens (tertiary/aromatic N) is 2. The Bertz CT molecular complexity index is 423. The first-order valence-electron chi connectivity index (χ1n) is 3.71. The van der Waals surface area contributed by atoms with Crippen molar-refractivity contribution < 1.29 is 0 Å². The molecule has 0 spiro atoms. The van der Waals surface area contributed by atoms with Crippen molar-refractivity contribution >= 4 is 32.6 Å². The monoisotopic (exact) mass is 192 g/mol. The summed E-state index contributed by atoms with van der Waals surface area (Å²) < 4.78 is 1.09. The standard InChI is InChI=1S/C8H8N4S/c9-7(10)12-8-11-5-3-1-2-4-6(5)13-8/h1-4H,(H4,9,10,11,12). The smallest absolute Gasteiger partial charge is 0.213 e. The van der Waals surface area contributed by atoms with Gasteiger partial charge in [0.15, 0.2) is 5.96 Å². The maximum atomic E-state index is 5.24. The summed E-state index contributed by atoms with van der Waals surface area (Å²) in [4.78, 5) is 8.10. The summed E-state index contributed by atoms with van der Waals surface area (Å²) in [5.41, 5.74) is 11.4. The summed E-state index contributed by atoms with van der Waals surface area (Å²) >= 11 is 1.47. The molecule has 1 aromatic carbocycles. The minimum absolute atomic E-state index is 0.0408. The molecule has 1 heterocycles. The molecule has 66 valence electrons. The molecule has 4 N–H and O–H groups in total. The van der Waals surface area contributed by atoms with Crippen molar-refractivity contribution in [2.45, 2.75) is 0 Å². The van der Waals surface area contributed by atoms with E-state index in [0.717, 1.165) is 10.2 Å². The molecule has 0 radical (unpaired) electrons. The fraction of sp³-hybridized carbons (Fsp3) is 0. The van der Waals surface area contributed by atoms with E-state index in [1.54, 1.807) is 0 Å². The SMILES string of the molecule is NC(N)=Nc1nc2ccccc2s1. The third kappa shape index (κ3) is 1.59. The van der Waals surface area contributed by atoms with Gasteiger partial charge in [0.2, 0.25) is 5.13 Å². The van der Waals surface area contributed by atoms with E-state index in [-0.39, 0.29) is 5.96 Å². The predicted octanol–water partition coefficient (Wildman–Crippen LogP) is 1.20. The van der Waals surface area contributed by atoms with Crippen LogP contribution in [0.4, 0.5) is 5.13 Å². The van der Waals surface area contributed by atoms with Crippen molar-refractivity contribution in [1.82, 2.24) is 4.98 Å². The van der Waals surface area contributed by atoms with Gasteiger partial charge in [0.25, 0.3) is 0 Å². The van der Waals surface area contributed by atoms with Crippen LogP contribution in [0.3, 0.4) is 0 Å². The van der Waals surface area contributed by atoms with Gasteiger partial charge in [-0.25, -0.2) is 4.98 Å². The molecular weight excluding hydrogens is 184 g/mol. The van der Waals surface area contributed by atoms with Crippen LogP contribution in [-0.2, 0) is 0 Å². The summed E-state index contributed by atoms with van der Waals surface area (Å²) in [6.45, 7) is 0. The molecule has 5 heteroatoms. The molecule has 0 saturated heterocycles. The van der Waals surface area contributed by atoms with E-state index in [1.165, 1.54) is 11.3 Å². The zero-order valence-corrected chi connectivity index (χ0v) is 7.58. The van der Waals surface area contributed by atoms with Crippen molar-refractivity contribution in [3.63, 3.8) is 0 Å². The molecule has 0 bridgehead atoms. The number of guanidine groups is 1. The Kier molecular flexibility index (Phi) is 1.86. The Morgan fingerprint density at radius 3 is 2.77 bits per heavy atom. The molecule has 0 saturated carbocycles. The van der Waals surface area contributed by atoms with E-state index >= 15 is 0 Å². The zero-order valence-electron chi connectivity index (χ0n) is 6.77. The highest BCUT2D eigenvalue weighted by Crippen LogP contribution is 2.27. The molecule has 2 aromatic rings.